The first kappa shape index (κ1) is 18.9. The zero-order valence-electron chi connectivity index (χ0n) is 15.3. The molecule has 0 unspecified atom stereocenters. The number of esters is 1. The number of amides is 1. The summed E-state index contributed by atoms with van der Waals surface area (Å²) in [5.41, 5.74) is 3.05. The van der Waals surface area contributed by atoms with E-state index in [0.717, 1.165) is 11.1 Å². The molecule has 0 aromatic heterocycles. The topological polar surface area (TPSA) is 79.2 Å². The third-order valence-corrected chi connectivity index (χ3v) is 4.15. The predicted octanol–water partition coefficient (Wildman–Crippen LogP) is 4.41. The maximum absolute atomic E-state index is 12.5. The molecule has 0 fully saturated rings. The zero-order valence-corrected chi connectivity index (χ0v) is 15.3. The molecule has 0 spiro atoms. The second-order valence-corrected chi connectivity index (χ2v) is 6.14. The van der Waals surface area contributed by atoms with Crippen LogP contribution < -0.4 is 5.32 Å². The molecule has 3 aromatic rings. The lowest BCUT2D eigenvalue weighted by atomic mass is 10.0. The Kier molecular flexibility index (Phi) is 5.83. The number of anilines is 1. The zero-order chi connectivity index (χ0) is 19.9. The number of rotatable bonds is 5. The molecule has 0 aliphatic heterocycles. The van der Waals surface area contributed by atoms with Gasteiger partial charge in [0.1, 0.15) is 0 Å². The van der Waals surface area contributed by atoms with E-state index in [4.69, 9.17) is 10.00 Å². The van der Waals surface area contributed by atoms with Crippen molar-refractivity contribution in [2.75, 3.05) is 5.32 Å². The number of hydrogen-bond acceptors (Lipinski definition) is 4. The average Bonchev–Trinajstić information content (AvgIpc) is 2.74. The Morgan fingerprint density at radius 3 is 2.43 bits per heavy atom. The fourth-order valence-corrected chi connectivity index (χ4v) is 2.69. The Labute approximate surface area is 163 Å². The summed E-state index contributed by atoms with van der Waals surface area (Å²) >= 11 is 0. The number of carbonyl (C=O) groups excluding carboxylic acids is 2. The van der Waals surface area contributed by atoms with Crippen LogP contribution in [0.15, 0.2) is 78.9 Å². The van der Waals surface area contributed by atoms with Crippen LogP contribution in [-0.4, -0.2) is 18.0 Å². The van der Waals surface area contributed by atoms with E-state index in [0.29, 0.717) is 11.3 Å². The van der Waals surface area contributed by atoms with Crippen LogP contribution in [0.4, 0.5) is 5.69 Å². The number of nitrogens with one attached hydrogen (secondary N) is 1. The highest BCUT2D eigenvalue weighted by atomic mass is 16.5. The predicted molar refractivity (Wildman–Crippen MR) is 107 cm³/mol. The molecule has 28 heavy (non-hydrogen) atoms. The molecule has 0 aliphatic rings. The quantitative estimate of drug-likeness (QED) is 0.675. The number of para-hydroxylation sites is 1. The van der Waals surface area contributed by atoms with Crippen LogP contribution in [0.3, 0.4) is 0 Å². The molecule has 1 amide bonds. The van der Waals surface area contributed by atoms with E-state index in [9.17, 15) is 9.59 Å². The minimum Gasteiger partial charge on any atom is -0.449 e. The summed E-state index contributed by atoms with van der Waals surface area (Å²) in [5, 5.41) is 11.8. The molecule has 138 valence electrons. The minimum atomic E-state index is -0.998. The van der Waals surface area contributed by atoms with Crippen LogP contribution in [0.5, 0.6) is 0 Å². The lowest BCUT2D eigenvalue weighted by Crippen LogP contribution is -2.30. The van der Waals surface area contributed by atoms with Gasteiger partial charge in [-0.1, -0.05) is 54.6 Å². The van der Waals surface area contributed by atoms with Gasteiger partial charge in [0, 0.05) is 11.3 Å². The van der Waals surface area contributed by atoms with Gasteiger partial charge in [-0.15, -0.1) is 0 Å². The fourth-order valence-electron chi connectivity index (χ4n) is 2.69. The number of benzene rings is 3. The van der Waals surface area contributed by atoms with E-state index >= 15 is 0 Å². The van der Waals surface area contributed by atoms with Gasteiger partial charge in [0.05, 0.1) is 17.2 Å². The molecule has 0 heterocycles. The highest BCUT2D eigenvalue weighted by molar-refractivity contribution is 6.00. The largest absolute Gasteiger partial charge is 0.449 e. The van der Waals surface area contributed by atoms with Gasteiger partial charge >= 0.3 is 5.97 Å². The van der Waals surface area contributed by atoms with E-state index in [2.05, 4.69) is 5.32 Å². The summed E-state index contributed by atoms with van der Waals surface area (Å²) in [6.07, 6.45) is -0.998. The van der Waals surface area contributed by atoms with E-state index in [1.165, 1.54) is 13.0 Å². The van der Waals surface area contributed by atoms with E-state index in [1.807, 2.05) is 54.6 Å². The number of ether oxygens (including phenoxy) is 1. The SMILES string of the molecule is C[C@@H](OC(=O)c1cccc(C#N)c1)C(=O)Nc1ccccc1-c1ccccc1. The van der Waals surface area contributed by atoms with Crippen molar-refractivity contribution in [3.05, 3.63) is 90.0 Å². The maximum Gasteiger partial charge on any atom is 0.338 e. The average molecular weight is 370 g/mol. The molecule has 0 saturated carbocycles. The molecule has 0 bridgehead atoms. The number of nitriles is 1. The van der Waals surface area contributed by atoms with E-state index < -0.39 is 18.0 Å². The van der Waals surface area contributed by atoms with E-state index in [1.54, 1.807) is 24.3 Å². The Bertz CT molecular complexity index is 1040. The molecular formula is C23H18N2O3. The molecule has 0 aliphatic carbocycles. The minimum absolute atomic E-state index is 0.225. The van der Waals surface area contributed by atoms with Crippen molar-refractivity contribution in [2.45, 2.75) is 13.0 Å². The van der Waals surface area contributed by atoms with Gasteiger partial charge in [-0.2, -0.15) is 5.26 Å². The molecule has 3 aromatic carbocycles. The molecular weight excluding hydrogens is 352 g/mol. The van der Waals surface area contributed by atoms with Crippen LogP contribution >= 0.6 is 0 Å². The molecule has 5 nitrogen and oxygen atoms in total. The van der Waals surface area contributed by atoms with Crippen molar-refractivity contribution in [3.8, 4) is 17.2 Å². The van der Waals surface area contributed by atoms with Gasteiger partial charge in [-0.3, -0.25) is 4.79 Å². The van der Waals surface area contributed by atoms with Crippen LogP contribution in [0.1, 0.15) is 22.8 Å². The van der Waals surface area contributed by atoms with Crippen molar-refractivity contribution in [1.29, 1.82) is 5.26 Å². The summed E-state index contributed by atoms with van der Waals surface area (Å²) in [5.74, 6) is -1.09. The molecule has 0 radical (unpaired) electrons. The highest BCUT2D eigenvalue weighted by Crippen LogP contribution is 2.27. The summed E-state index contributed by atoms with van der Waals surface area (Å²) < 4.78 is 5.26. The molecule has 3 rings (SSSR count). The summed E-state index contributed by atoms with van der Waals surface area (Å²) in [6.45, 7) is 1.51. The number of carbonyl (C=O) groups is 2. The lowest BCUT2D eigenvalue weighted by molar-refractivity contribution is -0.123. The third-order valence-electron chi connectivity index (χ3n) is 4.15. The van der Waals surface area contributed by atoms with Crippen LogP contribution in [0, 0.1) is 11.3 Å². The van der Waals surface area contributed by atoms with Crippen LogP contribution in [0.2, 0.25) is 0 Å². The highest BCUT2D eigenvalue weighted by Gasteiger charge is 2.20. The lowest BCUT2D eigenvalue weighted by Gasteiger charge is -2.16. The monoisotopic (exact) mass is 370 g/mol. The van der Waals surface area contributed by atoms with Crippen molar-refractivity contribution in [3.63, 3.8) is 0 Å². The maximum atomic E-state index is 12.5. The Morgan fingerprint density at radius 1 is 0.964 bits per heavy atom. The molecule has 0 saturated heterocycles. The Hall–Kier alpha value is -3.91. The summed E-state index contributed by atoms with van der Waals surface area (Å²) in [6, 6.07) is 25.2. The first-order valence-corrected chi connectivity index (χ1v) is 8.75. The van der Waals surface area contributed by atoms with Gasteiger partial charge < -0.3 is 10.1 Å². The van der Waals surface area contributed by atoms with Gasteiger partial charge in [-0.25, -0.2) is 4.79 Å². The van der Waals surface area contributed by atoms with Gasteiger partial charge in [0.2, 0.25) is 0 Å². The second-order valence-electron chi connectivity index (χ2n) is 6.14. The third kappa shape index (κ3) is 4.43. The smallest absolute Gasteiger partial charge is 0.338 e. The van der Waals surface area contributed by atoms with Gasteiger partial charge in [-0.05, 0) is 36.8 Å². The van der Waals surface area contributed by atoms with Crippen molar-refractivity contribution < 1.29 is 14.3 Å². The van der Waals surface area contributed by atoms with Crippen LogP contribution in [0.25, 0.3) is 11.1 Å². The second kappa shape index (κ2) is 8.65. The Balaban J connectivity index is 1.71. The first-order valence-electron chi connectivity index (χ1n) is 8.75. The van der Waals surface area contributed by atoms with E-state index in [-0.39, 0.29) is 5.56 Å². The van der Waals surface area contributed by atoms with Crippen molar-refractivity contribution >= 4 is 17.6 Å². The molecule has 1 N–H and O–H groups in total. The molecule has 5 heteroatoms. The van der Waals surface area contributed by atoms with Gasteiger partial charge in [0.25, 0.3) is 5.91 Å². The summed E-state index contributed by atoms with van der Waals surface area (Å²) in [7, 11) is 0. The number of nitrogens with zero attached hydrogens (tertiary/aromatic N) is 1. The summed E-state index contributed by atoms with van der Waals surface area (Å²) in [4.78, 5) is 24.8. The van der Waals surface area contributed by atoms with Crippen LogP contribution in [-0.2, 0) is 9.53 Å². The normalized spacial score (nSPS) is 11.1. The standard InChI is InChI=1S/C23H18N2O3/c1-16(28-23(27)19-11-7-8-17(14-19)15-24)22(26)25-21-13-6-5-12-20(21)18-9-3-2-4-10-18/h2-14,16H,1H3,(H,25,26)/t16-/m1/s1. The number of hydrogen-bond donors (Lipinski definition) is 1. The fraction of sp³-hybridized carbons (Fsp3) is 0.0870. The Morgan fingerprint density at radius 2 is 1.68 bits per heavy atom. The van der Waals surface area contributed by atoms with Crippen molar-refractivity contribution in [1.82, 2.24) is 0 Å². The van der Waals surface area contributed by atoms with Gasteiger partial charge in [0.15, 0.2) is 6.10 Å². The molecule has 1 atom stereocenters. The first-order chi connectivity index (χ1) is 13.6. The van der Waals surface area contributed by atoms with Crippen molar-refractivity contribution in [2.24, 2.45) is 0 Å².